The molecule has 7 heteroatoms. The highest BCUT2D eigenvalue weighted by Gasteiger charge is 2.25. The van der Waals surface area contributed by atoms with Gasteiger partial charge in [0.05, 0.1) is 0 Å². The molecule has 0 aliphatic carbocycles. The van der Waals surface area contributed by atoms with Crippen LogP contribution >= 0.6 is 0 Å². The average Bonchev–Trinajstić information content (AvgIpc) is 2.74. The second-order valence-electron chi connectivity index (χ2n) is 3.98. The van der Waals surface area contributed by atoms with Crippen LogP contribution in [0.5, 0.6) is 0 Å². The van der Waals surface area contributed by atoms with Gasteiger partial charge in [0.15, 0.2) is 5.82 Å². The number of amides is 3. The topological polar surface area (TPSA) is 84.5 Å². The molecule has 1 aliphatic rings. The van der Waals surface area contributed by atoms with Gasteiger partial charge in [0.25, 0.3) is 5.91 Å². The van der Waals surface area contributed by atoms with Crippen LogP contribution in [0.4, 0.5) is 4.79 Å². The van der Waals surface area contributed by atoms with Crippen LogP contribution in [-0.4, -0.2) is 57.5 Å². The van der Waals surface area contributed by atoms with Crippen molar-refractivity contribution in [3.63, 3.8) is 0 Å². The predicted molar refractivity (Wildman–Crippen MR) is 60.3 cm³/mol. The van der Waals surface area contributed by atoms with Crippen LogP contribution in [0.2, 0.25) is 0 Å². The van der Waals surface area contributed by atoms with Gasteiger partial charge in [-0.3, -0.25) is 4.79 Å². The Hall–Kier alpha value is -2.05. The number of aromatic nitrogens is 2. The van der Waals surface area contributed by atoms with Crippen molar-refractivity contribution >= 4 is 11.9 Å². The maximum Gasteiger partial charge on any atom is 0.314 e. The number of urea groups is 1. The summed E-state index contributed by atoms with van der Waals surface area (Å²) in [5.74, 6) is 0.305. The quantitative estimate of drug-likeness (QED) is 0.698. The normalized spacial score (nSPS) is 16.1. The number of aryl methyl sites for hydroxylation is 1. The first-order valence-corrected chi connectivity index (χ1v) is 5.40. The molecule has 2 rings (SSSR count). The summed E-state index contributed by atoms with van der Waals surface area (Å²) in [5, 5.41) is 0. The first-order chi connectivity index (χ1) is 8.09. The Morgan fingerprint density at radius 3 is 2.29 bits per heavy atom. The third kappa shape index (κ3) is 2.22. The molecule has 0 bridgehead atoms. The minimum absolute atomic E-state index is 0.110. The number of primary amides is 1. The Labute approximate surface area is 98.8 Å². The smallest absolute Gasteiger partial charge is 0.314 e. The molecule has 92 valence electrons. The first-order valence-electron chi connectivity index (χ1n) is 5.40. The summed E-state index contributed by atoms with van der Waals surface area (Å²) in [6.07, 6.45) is 3.32. The molecular formula is C10H15N5O2. The SMILES string of the molecule is Cn1ccnc1C(=O)N1CCN(C(N)=O)CC1. The van der Waals surface area contributed by atoms with E-state index in [1.807, 2.05) is 0 Å². The summed E-state index contributed by atoms with van der Waals surface area (Å²) in [4.78, 5) is 30.2. The number of hydrogen-bond donors (Lipinski definition) is 1. The van der Waals surface area contributed by atoms with Crippen LogP contribution in [0.15, 0.2) is 12.4 Å². The van der Waals surface area contributed by atoms with Gasteiger partial charge in [0, 0.05) is 45.6 Å². The van der Waals surface area contributed by atoms with Crippen molar-refractivity contribution in [2.24, 2.45) is 12.8 Å². The monoisotopic (exact) mass is 237 g/mol. The summed E-state index contributed by atoms with van der Waals surface area (Å²) < 4.78 is 1.68. The van der Waals surface area contributed by atoms with E-state index in [9.17, 15) is 9.59 Å². The van der Waals surface area contributed by atoms with Crippen molar-refractivity contribution in [3.8, 4) is 0 Å². The minimum Gasteiger partial charge on any atom is -0.351 e. The van der Waals surface area contributed by atoms with Crippen molar-refractivity contribution < 1.29 is 9.59 Å². The highest BCUT2D eigenvalue weighted by molar-refractivity contribution is 5.91. The van der Waals surface area contributed by atoms with Gasteiger partial charge in [-0.15, -0.1) is 0 Å². The van der Waals surface area contributed by atoms with Gasteiger partial charge in [-0.25, -0.2) is 9.78 Å². The molecule has 7 nitrogen and oxygen atoms in total. The summed E-state index contributed by atoms with van der Waals surface area (Å²) in [5.41, 5.74) is 5.17. The van der Waals surface area contributed by atoms with Gasteiger partial charge >= 0.3 is 6.03 Å². The number of carbonyl (C=O) groups excluding carboxylic acids is 2. The predicted octanol–water partition coefficient (Wildman–Crippen LogP) is -0.743. The van der Waals surface area contributed by atoms with Gasteiger partial charge in [0.2, 0.25) is 0 Å². The van der Waals surface area contributed by atoms with E-state index in [1.54, 1.807) is 28.9 Å². The highest BCUT2D eigenvalue weighted by Crippen LogP contribution is 2.06. The van der Waals surface area contributed by atoms with Gasteiger partial charge in [0.1, 0.15) is 0 Å². The van der Waals surface area contributed by atoms with E-state index < -0.39 is 6.03 Å². The van der Waals surface area contributed by atoms with Crippen LogP contribution in [-0.2, 0) is 7.05 Å². The largest absolute Gasteiger partial charge is 0.351 e. The lowest BCUT2D eigenvalue weighted by Gasteiger charge is -2.33. The van der Waals surface area contributed by atoms with Gasteiger partial charge < -0.3 is 20.1 Å². The molecule has 3 amide bonds. The Balaban J connectivity index is 2.00. The molecule has 2 heterocycles. The lowest BCUT2D eigenvalue weighted by atomic mass is 10.3. The fourth-order valence-corrected chi connectivity index (χ4v) is 1.84. The second kappa shape index (κ2) is 4.44. The van der Waals surface area contributed by atoms with E-state index in [1.165, 1.54) is 4.90 Å². The molecule has 0 unspecified atom stereocenters. The molecular weight excluding hydrogens is 222 g/mol. The molecule has 2 N–H and O–H groups in total. The fraction of sp³-hybridized carbons (Fsp3) is 0.500. The summed E-state index contributed by atoms with van der Waals surface area (Å²) in [7, 11) is 1.78. The number of nitrogens with zero attached hydrogens (tertiary/aromatic N) is 4. The van der Waals surface area contributed by atoms with E-state index in [0.29, 0.717) is 32.0 Å². The molecule has 0 spiro atoms. The fourth-order valence-electron chi connectivity index (χ4n) is 1.84. The molecule has 0 atom stereocenters. The standard InChI is InChI=1S/C10H15N5O2/c1-13-3-2-12-8(13)9(16)14-4-6-15(7-5-14)10(11)17/h2-3H,4-7H2,1H3,(H2,11,17). The Morgan fingerprint density at radius 1 is 1.24 bits per heavy atom. The molecule has 1 aliphatic heterocycles. The average molecular weight is 237 g/mol. The van der Waals surface area contributed by atoms with Gasteiger partial charge in [-0.05, 0) is 0 Å². The summed E-state index contributed by atoms with van der Waals surface area (Å²) >= 11 is 0. The Bertz CT molecular complexity index is 434. The number of carbonyl (C=O) groups is 2. The summed E-state index contributed by atoms with van der Waals surface area (Å²) in [6, 6.07) is -0.436. The van der Waals surface area contributed by atoms with Crippen molar-refractivity contribution in [1.82, 2.24) is 19.4 Å². The van der Waals surface area contributed by atoms with E-state index in [0.717, 1.165) is 0 Å². The van der Waals surface area contributed by atoms with E-state index in [2.05, 4.69) is 4.98 Å². The van der Waals surface area contributed by atoms with Crippen LogP contribution in [0.25, 0.3) is 0 Å². The molecule has 1 fully saturated rings. The van der Waals surface area contributed by atoms with Crippen LogP contribution in [0.1, 0.15) is 10.6 Å². The lowest BCUT2D eigenvalue weighted by Crippen LogP contribution is -2.52. The van der Waals surface area contributed by atoms with E-state index in [-0.39, 0.29) is 5.91 Å². The van der Waals surface area contributed by atoms with Crippen molar-refractivity contribution in [2.45, 2.75) is 0 Å². The van der Waals surface area contributed by atoms with Crippen molar-refractivity contribution in [2.75, 3.05) is 26.2 Å². The maximum atomic E-state index is 12.1. The van der Waals surface area contributed by atoms with Crippen molar-refractivity contribution in [3.05, 3.63) is 18.2 Å². The molecule has 0 aromatic carbocycles. The zero-order chi connectivity index (χ0) is 12.4. The van der Waals surface area contributed by atoms with Crippen LogP contribution in [0.3, 0.4) is 0 Å². The Morgan fingerprint density at radius 2 is 1.82 bits per heavy atom. The number of hydrogen-bond acceptors (Lipinski definition) is 3. The van der Waals surface area contributed by atoms with Gasteiger partial charge in [-0.2, -0.15) is 0 Å². The highest BCUT2D eigenvalue weighted by atomic mass is 16.2. The number of nitrogens with two attached hydrogens (primary N) is 1. The third-order valence-corrected chi connectivity index (χ3v) is 2.89. The zero-order valence-corrected chi connectivity index (χ0v) is 9.67. The van der Waals surface area contributed by atoms with Crippen molar-refractivity contribution in [1.29, 1.82) is 0 Å². The molecule has 0 radical (unpaired) electrons. The molecule has 1 aromatic rings. The second-order valence-corrected chi connectivity index (χ2v) is 3.98. The van der Waals surface area contributed by atoms with E-state index in [4.69, 9.17) is 5.73 Å². The number of piperazine rings is 1. The molecule has 1 aromatic heterocycles. The summed E-state index contributed by atoms with van der Waals surface area (Å²) in [6.45, 7) is 1.94. The zero-order valence-electron chi connectivity index (χ0n) is 9.67. The Kier molecular flexibility index (Phi) is 2.99. The first kappa shape index (κ1) is 11.4. The third-order valence-electron chi connectivity index (χ3n) is 2.89. The number of imidazole rings is 1. The van der Waals surface area contributed by atoms with E-state index >= 15 is 0 Å². The maximum absolute atomic E-state index is 12.1. The van der Waals surface area contributed by atoms with Gasteiger partial charge in [-0.1, -0.05) is 0 Å². The molecule has 1 saturated heterocycles. The molecule has 0 saturated carbocycles. The van der Waals surface area contributed by atoms with Crippen LogP contribution in [0, 0.1) is 0 Å². The minimum atomic E-state index is -0.436. The molecule has 17 heavy (non-hydrogen) atoms. The lowest BCUT2D eigenvalue weighted by molar-refractivity contribution is 0.0654. The number of rotatable bonds is 1. The van der Waals surface area contributed by atoms with Crippen LogP contribution < -0.4 is 5.73 Å².